The molecule has 0 unspecified atom stereocenters. The van der Waals surface area contributed by atoms with E-state index in [1.165, 1.54) is 36.4 Å². The van der Waals surface area contributed by atoms with Crippen LogP contribution >= 0.6 is 46.4 Å². The fourth-order valence-electron chi connectivity index (χ4n) is 1.20. The summed E-state index contributed by atoms with van der Waals surface area (Å²) in [6.45, 7) is 0. The molecule has 0 fully saturated rings. The van der Waals surface area contributed by atoms with E-state index in [0.29, 0.717) is 10.0 Å². The number of rotatable bonds is 2. The van der Waals surface area contributed by atoms with Crippen LogP contribution in [0.25, 0.3) is 0 Å². The molecule has 2 aromatic carbocycles. The zero-order chi connectivity index (χ0) is 16.9. The van der Waals surface area contributed by atoms with E-state index in [9.17, 15) is 20.2 Å². The number of nitro benzene ring substituents is 2. The lowest BCUT2D eigenvalue weighted by Gasteiger charge is -1.93. The van der Waals surface area contributed by atoms with Gasteiger partial charge in [-0.1, -0.05) is 46.4 Å². The second kappa shape index (κ2) is 8.14. The molecule has 10 heteroatoms. The van der Waals surface area contributed by atoms with Gasteiger partial charge in [-0.15, -0.1) is 0 Å². The number of hydrogen-bond donors (Lipinski definition) is 0. The summed E-state index contributed by atoms with van der Waals surface area (Å²) >= 11 is 22.1. The van der Waals surface area contributed by atoms with Crippen molar-refractivity contribution in [2.45, 2.75) is 0 Å². The predicted octanol–water partition coefficient (Wildman–Crippen LogP) is 5.80. The van der Waals surface area contributed by atoms with E-state index in [1.54, 1.807) is 0 Å². The second-order valence-corrected chi connectivity index (χ2v) is 5.34. The number of halogens is 4. The minimum atomic E-state index is -0.526. The van der Waals surface area contributed by atoms with Crippen molar-refractivity contribution in [2.24, 2.45) is 0 Å². The summed E-state index contributed by atoms with van der Waals surface area (Å²) in [7, 11) is 0. The maximum atomic E-state index is 10.2. The van der Waals surface area contributed by atoms with Gasteiger partial charge in [-0.3, -0.25) is 20.2 Å². The molecule has 0 saturated carbocycles. The van der Waals surface area contributed by atoms with Crippen molar-refractivity contribution in [1.82, 2.24) is 0 Å². The Morgan fingerprint density at radius 3 is 1.18 bits per heavy atom. The number of benzene rings is 2. The quantitative estimate of drug-likeness (QED) is 0.484. The summed E-state index contributed by atoms with van der Waals surface area (Å²) < 4.78 is 0. The number of nitro groups is 2. The van der Waals surface area contributed by atoms with Gasteiger partial charge in [0.05, 0.1) is 29.9 Å². The minimum absolute atomic E-state index is 0.0561. The van der Waals surface area contributed by atoms with Crippen molar-refractivity contribution < 1.29 is 9.85 Å². The lowest BCUT2D eigenvalue weighted by Crippen LogP contribution is -1.86. The van der Waals surface area contributed by atoms with Gasteiger partial charge in [0, 0.05) is 24.3 Å². The van der Waals surface area contributed by atoms with Gasteiger partial charge in [-0.05, 0) is 12.1 Å². The fourth-order valence-corrected chi connectivity index (χ4v) is 1.78. The Balaban J connectivity index is 0.000000220. The molecule has 0 saturated heterocycles. The van der Waals surface area contributed by atoms with Crippen LogP contribution in [-0.2, 0) is 0 Å². The summed E-state index contributed by atoms with van der Waals surface area (Å²) in [5.41, 5.74) is -0.112. The van der Waals surface area contributed by atoms with Gasteiger partial charge in [0.25, 0.3) is 11.4 Å². The lowest BCUT2D eigenvalue weighted by molar-refractivity contribution is -0.385. The Morgan fingerprint density at radius 1 is 0.636 bits per heavy atom. The van der Waals surface area contributed by atoms with Gasteiger partial charge in [0.15, 0.2) is 0 Å². The molecule has 0 spiro atoms. The van der Waals surface area contributed by atoms with Crippen LogP contribution in [0, 0.1) is 20.2 Å². The molecule has 0 aliphatic heterocycles. The Hall–Kier alpha value is -1.60. The smallest absolute Gasteiger partial charge is 0.258 e. The van der Waals surface area contributed by atoms with Gasteiger partial charge in [0.1, 0.15) is 0 Å². The fraction of sp³-hybridized carbons (Fsp3) is 0. The molecule has 116 valence electrons. The topological polar surface area (TPSA) is 86.3 Å². The van der Waals surface area contributed by atoms with Crippen LogP contribution in [0.5, 0.6) is 0 Å². The van der Waals surface area contributed by atoms with E-state index in [1.807, 2.05) is 0 Å². The van der Waals surface area contributed by atoms with Gasteiger partial charge < -0.3 is 0 Å². The zero-order valence-electron chi connectivity index (χ0n) is 10.5. The summed E-state index contributed by atoms with van der Waals surface area (Å²) in [6.07, 6.45) is 0. The van der Waals surface area contributed by atoms with Crippen molar-refractivity contribution in [3.05, 3.63) is 76.7 Å². The van der Waals surface area contributed by atoms with E-state index in [2.05, 4.69) is 0 Å². The highest BCUT2D eigenvalue weighted by Crippen LogP contribution is 2.26. The molecular formula is C12H6Cl4N2O4. The second-order valence-electron chi connectivity index (χ2n) is 3.71. The van der Waals surface area contributed by atoms with Crippen molar-refractivity contribution in [2.75, 3.05) is 0 Å². The SMILES string of the molecule is O=[N+]([O-])c1ccc(Cl)c(Cl)c1.O=[N+]([O-])c1ccc(Cl)c(Cl)c1. The highest BCUT2D eigenvalue weighted by atomic mass is 35.5. The zero-order valence-corrected chi connectivity index (χ0v) is 13.5. The third kappa shape index (κ3) is 5.31. The van der Waals surface area contributed by atoms with E-state index in [0.717, 1.165) is 0 Å². The molecule has 0 atom stereocenters. The van der Waals surface area contributed by atoms with E-state index in [4.69, 9.17) is 46.4 Å². The van der Waals surface area contributed by atoms with Gasteiger partial charge in [0.2, 0.25) is 0 Å². The van der Waals surface area contributed by atoms with Crippen molar-refractivity contribution in [3.8, 4) is 0 Å². The first-order valence-electron chi connectivity index (χ1n) is 5.41. The molecule has 0 heterocycles. The molecule has 2 rings (SSSR count). The molecule has 0 bridgehead atoms. The van der Waals surface area contributed by atoms with Crippen LogP contribution in [0.15, 0.2) is 36.4 Å². The first-order chi connectivity index (χ1) is 10.2. The molecule has 0 aromatic heterocycles. The summed E-state index contributed by atoms with van der Waals surface area (Å²) in [6, 6.07) is 7.81. The molecule has 6 nitrogen and oxygen atoms in total. The third-order valence-corrected chi connectivity index (χ3v) is 3.71. The van der Waals surface area contributed by atoms with E-state index < -0.39 is 9.85 Å². The molecule has 0 aliphatic carbocycles. The number of nitrogens with zero attached hydrogens (tertiary/aromatic N) is 2. The maximum absolute atomic E-state index is 10.2. The van der Waals surface area contributed by atoms with Crippen LogP contribution in [0.1, 0.15) is 0 Å². The Kier molecular flexibility index (Phi) is 6.83. The van der Waals surface area contributed by atoms with Crippen molar-refractivity contribution >= 4 is 57.8 Å². The predicted molar refractivity (Wildman–Crippen MR) is 86.2 cm³/mol. The van der Waals surface area contributed by atoms with E-state index in [-0.39, 0.29) is 21.4 Å². The molecule has 0 N–H and O–H groups in total. The monoisotopic (exact) mass is 382 g/mol. The third-order valence-electron chi connectivity index (χ3n) is 2.23. The summed E-state index contributed by atoms with van der Waals surface area (Å²) in [4.78, 5) is 19.3. The van der Waals surface area contributed by atoms with Gasteiger partial charge >= 0.3 is 0 Å². The van der Waals surface area contributed by atoms with Gasteiger partial charge in [-0.25, -0.2) is 0 Å². The van der Waals surface area contributed by atoms with Crippen LogP contribution in [0.2, 0.25) is 20.1 Å². The average Bonchev–Trinajstić information content (AvgIpc) is 2.45. The maximum Gasteiger partial charge on any atom is 0.271 e. The highest BCUT2D eigenvalue weighted by Gasteiger charge is 2.07. The van der Waals surface area contributed by atoms with Crippen molar-refractivity contribution in [3.63, 3.8) is 0 Å². The van der Waals surface area contributed by atoms with Gasteiger partial charge in [-0.2, -0.15) is 0 Å². The Labute approximate surface area is 144 Å². The molecule has 2 aromatic rings. The van der Waals surface area contributed by atoms with Crippen LogP contribution in [-0.4, -0.2) is 9.85 Å². The van der Waals surface area contributed by atoms with Crippen LogP contribution in [0.4, 0.5) is 11.4 Å². The first-order valence-corrected chi connectivity index (χ1v) is 6.92. The van der Waals surface area contributed by atoms with Crippen LogP contribution in [0.3, 0.4) is 0 Å². The average molecular weight is 384 g/mol. The molecule has 0 aliphatic rings. The molecule has 0 amide bonds. The molecular weight excluding hydrogens is 378 g/mol. The molecule has 0 radical (unpaired) electrons. The Bertz CT molecular complexity index is 663. The number of non-ortho nitro benzene ring substituents is 2. The van der Waals surface area contributed by atoms with Crippen LogP contribution < -0.4 is 0 Å². The lowest BCUT2D eigenvalue weighted by atomic mass is 10.3. The minimum Gasteiger partial charge on any atom is -0.258 e. The Morgan fingerprint density at radius 2 is 0.955 bits per heavy atom. The standard InChI is InChI=1S/2C6H3Cl2NO2/c2*7-5-2-1-4(9(10)11)3-6(5)8/h2*1-3H. The van der Waals surface area contributed by atoms with E-state index >= 15 is 0 Å². The number of hydrogen-bond acceptors (Lipinski definition) is 4. The highest BCUT2D eigenvalue weighted by molar-refractivity contribution is 6.42. The molecule has 22 heavy (non-hydrogen) atoms. The summed E-state index contributed by atoms with van der Waals surface area (Å²) in [5.74, 6) is 0. The van der Waals surface area contributed by atoms with Crippen molar-refractivity contribution in [1.29, 1.82) is 0 Å². The summed E-state index contributed by atoms with van der Waals surface area (Å²) in [5, 5.41) is 21.4. The first kappa shape index (κ1) is 18.4. The normalized spacial score (nSPS) is 9.64. The largest absolute Gasteiger partial charge is 0.271 e.